The first kappa shape index (κ1) is 20.9. The molecule has 8 heteroatoms. The molecular weight excluding hydrogens is 438 g/mol. The first-order valence-electron chi connectivity index (χ1n) is 10.5. The fourth-order valence-corrected chi connectivity index (χ4v) is 5.01. The third kappa shape index (κ3) is 4.09. The molecule has 1 aromatic heterocycles. The first-order chi connectivity index (χ1) is 15.6. The molecule has 2 fully saturated rings. The molecular formula is C24H23N5OS2. The average Bonchev–Trinajstić information content (AvgIpc) is 3.35. The van der Waals surface area contributed by atoms with E-state index >= 15 is 0 Å². The molecule has 0 aliphatic carbocycles. The van der Waals surface area contributed by atoms with Gasteiger partial charge in [-0.1, -0.05) is 72.5 Å². The Morgan fingerprint density at radius 3 is 2.28 bits per heavy atom. The van der Waals surface area contributed by atoms with Crippen molar-refractivity contribution in [1.82, 2.24) is 20.0 Å². The number of para-hydroxylation sites is 1. The van der Waals surface area contributed by atoms with Crippen LogP contribution in [0.3, 0.4) is 0 Å². The molecule has 2 aromatic carbocycles. The summed E-state index contributed by atoms with van der Waals surface area (Å²) in [5.41, 5.74) is 3.78. The lowest BCUT2D eigenvalue weighted by Crippen LogP contribution is -2.45. The Bertz CT molecular complexity index is 1180. The van der Waals surface area contributed by atoms with E-state index in [1.165, 1.54) is 11.8 Å². The van der Waals surface area contributed by atoms with Gasteiger partial charge in [0.05, 0.1) is 10.6 Å². The van der Waals surface area contributed by atoms with Crippen LogP contribution >= 0.6 is 24.0 Å². The Labute approximate surface area is 196 Å². The van der Waals surface area contributed by atoms with Crippen molar-refractivity contribution >= 4 is 46.1 Å². The predicted octanol–water partition coefficient (Wildman–Crippen LogP) is 3.78. The molecule has 32 heavy (non-hydrogen) atoms. The van der Waals surface area contributed by atoms with Gasteiger partial charge in [-0.3, -0.25) is 4.79 Å². The van der Waals surface area contributed by atoms with E-state index in [1.54, 1.807) is 0 Å². The van der Waals surface area contributed by atoms with Gasteiger partial charge in [-0.15, -0.1) is 0 Å². The van der Waals surface area contributed by atoms with Crippen molar-refractivity contribution < 1.29 is 4.79 Å². The van der Waals surface area contributed by atoms with Crippen molar-refractivity contribution in [3.8, 4) is 16.9 Å². The SMILES string of the molecule is CN1CCN(c2c(/C=C3\SC(=S)NC3=O)c(-c3ccccc3)nn2-c2ccccc2)CC1. The van der Waals surface area contributed by atoms with Crippen LogP contribution in [0.4, 0.5) is 5.82 Å². The molecule has 2 aliphatic heterocycles. The van der Waals surface area contributed by atoms with Crippen LogP contribution in [0, 0.1) is 0 Å². The fraction of sp³-hybridized carbons (Fsp3) is 0.208. The van der Waals surface area contributed by atoms with E-state index in [0.29, 0.717) is 9.23 Å². The Morgan fingerprint density at radius 1 is 1.00 bits per heavy atom. The Kier molecular flexibility index (Phi) is 5.82. The second-order valence-electron chi connectivity index (χ2n) is 7.84. The van der Waals surface area contributed by atoms with Crippen molar-refractivity contribution in [2.24, 2.45) is 0 Å². The quantitative estimate of drug-likeness (QED) is 0.471. The van der Waals surface area contributed by atoms with Crippen molar-refractivity contribution in [3.05, 3.63) is 71.1 Å². The number of nitrogens with one attached hydrogen (secondary N) is 1. The van der Waals surface area contributed by atoms with Gasteiger partial charge in [0.2, 0.25) is 0 Å². The van der Waals surface area contributed by atoms with Gasteiger partial charge in [-0.2, -0.15) is 5.10 Å². The zero-order chi connectivity index (χ0) is 22.1. The molecule has 0 bridgehead atoms. The highest BCUT2D eigenvalue weighted by Gasteiger charge is 2.29. The molecule has 2 aliphatic rings. The highest BCUT2D eigenvalue weighted by atomic mass is 32.2. The summed E-state index contributed by atoms with van der Waals surface area (Å²) in [6.07, 6.45) is 1.95. The average molecular weight is 462 g/mol. The summed E-state index contributed by atoms with van der Waals surface area (Å²) in [6, 6.07) is 20.3. The number of anilines is 1. The summed E-state index contributed by atoms with van der Waals surface area (Å²) in [5.74, 6) is 0.845. The van der Waals surface area contributed by atoms with Gasteiger partial charge in [-0.25, -0.2) is 4.68 Å². The van der Waals surface area contributed by atoms with Crippen molar-refractivity contribution in [2.75, 3.05) is 38.1 Å². The van der Waals surface area contributed by atoms with Crippen LogP contribution in [0.5, 0.6) is 0 Å². The molecule has 1 amide bonds. The Morgan fingerprint density at radius 2 is 1.66 bits per heavy atom. The van der Waals surface area contributed by atoms with Crippen molar-refractivity contribution in [2.45, 2.75) is 0 Å². The lowest BCUT2D eigenvalue weighted by molar-refractivity contribution is -0.115. The minimum Gasteiger partial charge on any atom is -0.353 e. The van der Waals surface area contributed by atoms with Gasteiger partial charge in [0, 0.05) is 37.3 Å². The highest BCUT2D eigenvalue weighted by Crippen LogP contribution is 2.38. The summed E-state index contributed by atoms with van der Waals surface area (Å²) in [4.78, 5) is 17.8. The Hall–Kier alpha value is -2.94. The molecule has 0 radical (unpaired) electrons. The van der Waals surface area contributed by atoms with Crippen LogP contribution in [-0.2, 0) is 4.79 Å². The fourth-order valence-electron chi connectivity index (χ4n) is 3.99. The van der Waals surface area contributed by atoms with Crippen LogP contribution in [-0.4, -0.2) is 58.1 Å². The number of nitrogens with zero attached hydrogens (tertiary/aromatic N) is 4. The van der Waals surface area contributed by atoms with Crippen molar-refractivity contribution in [1.29, 1.82) is 0 Å². The maximum absolute atomic E-state index is 12.5. The third-order valence-electron chi connectivity index (χ3n) is 5.66. The number of hydrogen-bond donors (Lipinski definition) is 1. The minimum atomic E-state index is -0.157. The minimum absolute atomic E-state index is 0.157. The van der Waals surface area contributed by atoms with E-state index in [4.69, 9.17) is 17.3 Å². The molecule has 0 unspecified atom stereocenters. The number of piperazine rings is 1. The van der Waals surface area contributed by atoms with Crippen LogP contribution in [0.25, 0.3) is 23.0 Å². The smallest absolute Gasteiger partial charge is 0.263 e. The third-order valence-corrected chi connectivity index (χ3v) is 6.83. The number of thiocarbonyl (C=S) groups is 1. The number of hydrogen-bond acceptors (Lipinski definition) is 6. The predicted molar refractivity (Wildman–Crippen MR) is 135 cm³/mol. The summed E-state index contributed by atoms with van der Waals surface area (Å²) in [5, 5.41) is 7.80. The molecule has 162 valence electrons. The molecule has 0 saturated carbocycles. The zero-order valence-electron chi connectivity index (χ0n) is 17.7. The van der Waals surface area contributed by atoms with Crippen LogP contribution < -0.4 is 10.2 Å². The molecule has 0 spiro atoms. The second kappa shape index (κ2) is 8.90. The highest BCUT2D eigenvalue weighted by molar-refractivity contribution is 8.26. The number of carbonyl (C=O) groups excluding carboxylic acids is 1. The van der Waals surface area contributed by atoms with E-state index in [0.717, 1.165) is 54.5 Å². The number of thioether (sulfide) groups is 1. The van der Waals surface area contributed by atoms with Crippen LogP contribution in [0.15, 0.2) is 65.6 Å². The van der Waals surface area contributed by atoms with E-state index < -0.39 is 0 Å². The van der Waals surface area contributed by atoms with Gasteiger partial charge in [-0.05, 0) is 25.3 Å². The second-order valence-corrected chi connectivity index (χ2v) is 9.56. The molecule has 3 heterocycles. The standard InChI is InChI=1S/C24H23N5OS2/c1-27-12-14-28(15-13-27)23-19(16-20-22(30)25-24(31)32-20)21(17-8-4-2-5-9-17)26-29(23)18-10-6-3-7-11-18/h2-11,16H,12-15H2,1H3,(H,25,30,31)/b20-16-. The van der Waals surface area contributed by atoms with E-state index in [2.05, 4.69) is 46.4 Å². The van der Waals surface area contributed by atoms with Crippen molar-refractivity contribution in [3.63, 3.8) is 0 Å². The zero-order valence-corrected chi connectivity index (χ0v) is 19.3. The number of aromatic nitrogens is 2. The summed E-state index contributed by atoms with van der Waals surface area (Å²) >= 11 is 6.52. The Balaban J connectivity index is 1.74. The lowest BCUT2D eigenvalue weighted by Gasteiger charge is -2.34. The topological polar surface area (TPSA) is 53.4 Å². The first-order valence-corrected chi connectivity index (χ1v) is 11.7. The molecule has 1 N–H and O–H groups in total. The monoisotopic (exact) mass is 461 g/mol. The van der Waals surface area contributed by atoms with Gasteiger partial charge >= 0.3 is 0 Å². The van der Waals surface area contributed by atoms with Gasteiger partial charge in [0.1, 0.15) is 15.8 Å². The molecule has 2 saturated heterocycles. The molecule has 5 rings (SSSR count). The summed E-state index contributed by atoms with van der Waals surface area (Å²) < 4.78 is 2.50. The van der Waals surface area contributed by atoms with E-state index in [-0.39, 0.29) is 5.91 Å². The summed E-state index contributed by atoms with van der Waals surface area (Å²) in [6.45, 7) is 3.71. The molecule has 0 atom stereocenters. The van der Waals surface area contributed by atoms with Gasteiger partial charge in [0.25, 0.3) is 5.91 Å². The van der Waals surface area contributed by atoms with E-state index in [9.17, 15) is 4.79 Å². The molecule has 6 nitrogen and oxygen atoms in total. The van der Waals surface area contributed by atoms with Gasteiger partial charge in [0.15, 0.2) is 0 Å². The maximum atomic E-state index is 12.5. The number of rotatable bonds is 4. The van der Waals surface area contributed by atoms with Crippen LogP contribution in [0.1, 0.15) is 5.56 Å². The lowest BCUT2D eigenvalue weighted by atomic mass is 10.1. The number of likely N-dealkylation sites (N-methyl/N-ethyl adjacent to an activating group) is 1. The summed E-state index contributed by atoms with van der Waals surface area (Å²) in [7, 11) is 2.14. The maximum Gasteiger partial charge on any atom is 0.263 e. The number of amides is 1. The molecule has 3 aromatic rings. The van der Waals surface area contributed by atoms with Crippen LogP contribution in [0.2, 0.25) is 0 Å². The largest absolute Gasteiger partial charge is 0.353 e. The number of benzene rings is 2. The number of carbonyl (C=O) groups is 1. The van der Waals surface area contributed by atoms with Gasteiger partial charge < -0.3 is 15.1 Å². The van der Waals surface area contributed by atoms with E-state index in [1.807, 2.05) is 47.2 Å². The normalized spacial score (nSPS) is 18.4.